The van der Waals surface area contributed by atoms with Gasteiger partial charge in [-0.15, -0.1) is 22.7 Å². The minimum Gasteiger partial charge on any atom is -0.304 e. The fourth-order valence-electron chi connectivity index (χ4n) is 1.24. The Bertz CT molecular complexity index is 411. The summed E-state index contributed by atoms with van der Waals surface area (Å²) in [6.07, 6.45) is 1.91. The largest absolute Gasteiger partial charge is 0.304 e. The van der Waals surface area contributed by atoms with Gasteiger partial charge in [0.05, 0.1) is 5.51 Å². The van der Waals surface area contributed by atoms with Crippen LogP contribution in [-0.2, 0) is 6.54 Å². The first-order valence-electron chi connectivity index (χ1n) is 4.60. The summed E-state index contributed by atoms with van der Waals surface area (Å²) in [6, 6.07) is 2.55. The first-order chi connectivity index (χ1) is 7.25. The number of thiazole rings is 1. The molecule has 0 amide bonds. The van der Waals surface area contributed by atoms with Gasteiger partial charge in [-0.2, -0.15) is 0 Å². The monoisotopic (exact) mass is 302 g/mol. The molecule has 5 heteroatoms. The Balaban J connectivity index is 1.90. The van der Waals surface area contributed by atoms with E-state index in [4.69, 9.17) is 0 Å². The van der Waals surface area contributed by atoms with Crippen LogP contribution in [0, 0.1) is 0 Å². The van der Waals surface area contributed by atoms with Gasteiger partial charge in [0, 0.05) is 38.4 Å². The Morgan fingerprint density at radius 1 is 1.53 bits per heavy atom. The molecule has 0 spiro atoms. The fraction of sp³-hybridized carbons (Fsp3) is 0.300. The Kier molecular flexibility index (Phi) is 3.91. The molecule has 0 fully saturated rings. The summed E-state index contributed by atoms with van der Waals surface area (Å²) in [4.78, 5) is 6.68. The van der Waals surface area contributed by atoms with Gasteiger partial charge in [-0.3, -0.25) is 4.98 Å². The van der Waals surface area contributed by atoms with Crippen LogP contribution in [-0.4, -0.2) is 4.98 Å². The molecule has 2 aromatic rings. The van der Waals surface area contributed by atoms with E-state index in [-0.39, 0.29) is 0 Å². The standard InChI is InChI=1S/C10H11BrN2S2/c1-7(10-2-8(11)5-14-10)13-4-9-3-12-6-15-9/h2-3,5-7,13H,4H2,1H3. The van der Waals surface area contributed by atoms with Crippen molar-refractivity contribution >= 4 is 38.6 Å². The number of nitrogens with one attached hydrogen (secondary N) is 1. The molecule has 1 atom stereocenters. The van der Waals surface area contributed by atoms with Gasteiger partial charge in [-0.05, 0) is 28.9 Å². The number of nitrogens with zero attached hydrogens (tertiary/aromatic N) is 1. The molecule has 2 rings (SSSR count). The van der Waals surface area contributed by atoms with Crippen molar-refractivity contribution < 1.29 is 0 Å². The molecule has 0 radical (unpaired) electrons. The zero-order valence-electron chi connectivity index (χ0n) is 8.24. The fourth-order valence-corrected chi connectivity index (χ4v) is 3.26. The van der Waals surface area contributed by atoms with Crippen molar-refractivity contribution in [1.29, 1.82) is 0 Å². The molecule has 80 valence electrons. The summed E-state index contributed by atoms with van der Waals surface area (Å²) in [7, 11) is 0. The van der Waals surface area contributed by atoms with Crippen molar-refractivity contribution in [2.24, 2.45) is 0 Å². The van der Waals surface area contributed by atoms with Gasteiger partial charge in [-0.1, -0.05) is 0 Å². The Labute approximate surface area is 106 Å². The summed E-state index contributed by atoms with van der Waals surface area (Å²) < 4.78 is 1.16. The third kappa shape index (κ3) is 3.11. The highest BCUT2D eigenvalue weighted by Gasteiger charge is 2.07. The maximum absolute atomic E-state index is 4.05. The lowest BCUT2D eigenvalue weighted by Crippen LogP contribution is -2.16. The zero-order chi connectivity index (χ0) is 10.7. The molecule has 0 saturated carbocycles. The van der Waals surface area contributed by atoms with Gasteiger partial charge in [0.25, 0.3) is 0 Å². The van der Waals surface area contributed by atoms with Gasteiger partial charge in [-0.25, -0.2) is 0 Å². The minimum absolute atomic E-state index is 0.392. The molecule has 0 aliphatic rings. The molecule has 0 aromatic carbocycles. The van der Waals surface area contributed by atoms with Crippen molar-refractivity contribution in [2.45, 2.75) is 19.5 Å². The molecule has 2 aromatic heterocycles. The first kappa shape index (κ1) is 11.3. The van der Waals surface area contributed by atoms with Crippen LogP contribution < -0.4 is 5.32 Å². The number of rotatable bonds is 4. The van der Waals surface area contributed by atoms with Gasteiger partial charge in [0.15, 0.2) is 0 Å². The molecule has 15 heavy (non-hydrogen) atoms. The molecule has 0 bridgehead atoms. The summed E-state index contributed by atoms with van der Waals surface area (Å²) >= 11 is 6.92. The average Bonchev–Trinajstić information content (AvgIpc) is 2.84. The van der Waals surface area contributed by atoms with Crippen molar-refractivity contribution in [2.75, 3.05) is 0 Å². The molecule has 0 aliphatic heterocycles. The van der Waals surface area contributed by atoms with E-state index >= 15 is 0 Å². The van der Waals surface area contributed by atoms with Gasteiger partial charge < -0.3 is 5.32 Å². The highest BCUT2D eigenvalue weighted by molar-refractivity contribution is 9.10. The third-order valence-corrected chi connectivity index (χ3v) is 4.74. The SMILES string of the molecule is CC(NCc1cncs1)c1cc(Br)cs1. The van der Waals surface area contributed by atoms with E-state index in [9.17, 15) is 0 Å². The third-order valence-electron chi connectivity index (χ3n) is 2.08. The predicted octanol–water partition coefficient (Wildman–Crippen LogP) is 3.82. The van der Waals surface area contributed by atoms with Crippen LogP contribution in [0.4, 0.5) is 0 Å². The highest BCUT2D eigenvalue weighted by atomic mass is 79.9. The van der Waals surface area contributed by atoms with Crippen LogP contribution >= 0.6 is 38.6 Å². The average molecular weight is 303 g/mol. The smallest absolute Gasteiger partial charge is 0.0794 e. The van der Waals surface area contributed by atoms with Crippen molar-refractivity contribution in [1.82, 2.24) is 10.3 Å². The number of halogens is 1. The number of hydrogen-bond donors (Lipinski definition) is 1. The van der Waals surface area contributed by atoms with Crippen molar-refractivity contribution in [3.8, 4) is 0 Å². The summed E-state index contributed by atoms with van der Waals surface area (Å²) in [6.45, 7) is 3.07. The maximum Gasteiger partial charge on any atom is 0.0794 e. The van der Waals surface area contributed by atoms with Crippen molar-refractivity contribution in [3.05, 3.63) is 37.4 Å². The van der Waals surface area contributed by atoms with Gasteiger partial charge in [0.2, 0.25) is 0 Å². The van der Waals surface area contributed by atoms with Gasteiger partial charge >= 0.3 is 0 Å². The topological polar surface area (TPSA) is 24.9 Å². The second-order valence-corrected chi connectivity index (χ2v) is 6.07. The van der Waals surface area contributed by atoms with E-state index in [0.717, 1.165) is 11.0 Å². The Morgan fingerprint density at radius 2 is 2.40 bits per heavy atom. The molecule has 1 unspecified atom stereocenters. The van der Waals surface area contributed by atoms with E-state index in [0.29, 0.717) is 6.04 Å². The summed E-state index contributed by atoms with van der Waals surface area (Å²) in [5.41, 5.74) is 1.86. The normalized spacial score (nSPS) is 12.9. The molecule has 2 nitrogen and oxygen atoms in total. The molecular formula is C10H11BrN2S2. The van der Waals surface area contributed by atoms with Crippen LogP contribution in [0.15, 0.2) is 27.6 Å². The minimum atomic E-state index is 0.392. The van der Waals surface area contributed by atoms with E-state index < -0.39 is 0 Å². The summed E-state index contributed by atoms with van der Waals surface area (Å²) in [5, 5.41) is 5.59. The van der Waals surface area contributed by atoms with Crippen LogP contribution in [0.3, 0.4) is 0 Å². The van der Waals surface area contributed by atoms with E-state index in [2.05, 4.69) is 44.6 Å². The molecule has 1 N–H and O–H groups in total. The Morgan fingerprint density at radius 3 is 3.00 bits per heavy atom. The number of hydrogen-bond acceptors (Lipinski definition) is 4. The zero-order valence-corrected chi connectivity index (χ0v) is 11.5. The highest BCUT2D eigenvalue weighted by Crippen LogP contribution is 2.25. The second kappa shape index (κ2) is 5.21. The lowest BCUT2D eigenvalue weighted by atomic mass is 10.3. The summed E-state index contributed by atoms with van der Waals surface area (Å²) in [5.74, 6) is 0. The van der Waals surface area contributed by atoms with Crippen molar-refractivity contribution in [3.63, 3.8) is 0 Å². The Hall–Kier alpha value is -0.230. The first-order valence-corrected chi connectivity index (χ1v) is 7.15. The lowest BCUT2D eigenvalue weighted by Gasteiger charge is -2.10. The van der Waals surface area contributed by atoms with E-state index in [1.807, 2.05) is 11.7 Å². The molecule has 0 saturated heterocycles. The van der Waals surface area contributed by atoms with Crippen LogP contribution in [0.1, 0.15) is 22.7 Å². The molecule has 2 heterocycles. The van der Waals surface area contributed by atoms with Crippen LogP contribution in [0.25, 0.3) is 0 Å². The number of thiophene rings is 1. The molecule has 0 aliphatic carbocycles. The quantitative estimate of drug-likeness (QED) is 0.929. The van der Waals surface area contributed by atoms with Crippen LogP contribution in [0.5, 0.6) is 0 Å². The maximum atomic E-state index is 4.05. The number of aromatic nitrogens is 1. The lowest BCUT2D eigenvalue weighted by molar-refractivity contribution is 0.587. The van der Waals surface area contributed by atoms with Gasteiger partial charge in [0.1, 0.15) is 0 Å². The van der Waals surface area contributed by atoms with E-state index in [1.54, 1.807) is 22.7 Å². The van der Waals surface area contributed by atoms with Crippen LogP contribution in [0.2, 0.25) is 0 Å². The molecular weight excluding hydrogens is 292 g/mol. The van der Waals surface area contributed by atoms with E-state index in [1.165, 1.54) is 9.75 Å². The second-order valence-electron chi connectivity index (χ2n) is 3.24. The predicted molar refractivity (Wildman–Crippen MR) is 69.4 cm³/mol.